The van der Waals surface area contributed by atoms with E-state index < -0.39 is 0 Å². The van der Waals surface area contributed by atoms with Crippen LogP contribution in [-0.4, -0.2) is 69.9 Å². The maximum absolute atomic E-state index is 11.8. The van der Waals surface area contributed by atoms with Crippen LogP contribution in [0.2, 0.25) is 5.02 Å². The van der Waals surface area contributed by atoms with Gasteiger partial charge in [-0.15, -0.1) is 0 Å². The molecule has 3 aromatic rings. The Morgan fingerprint density at radius 3 is 2.69 bits per heavy atom. The zero-order valence-electron chi connectivity index (χ0n) is 16.2. The highest BCUT2D eigenvalue weighted by Gasteiger charge is 2.31. The van der Waals surface area contributed by atoms with Gasteiger partial charge in [0, 0.05) is 17.5 Å². The quantitative estimate of drug-likeness (QED) is 0.713. The van der Waals surface area contributed by atoms with Crippen molar-refractivity contribution in [3.05, 3.63) is 41.3 Å². The van der Waals surface area contributed by atoms with E-state index in [2.05, 4.69) is 26.5 Å². The number of piperidine rings is 1. The highest BCUT2D eigenvalue weighted by atomic mass is 35.5. The molecule has 0 unspecified atom stereocenters. The van der Waals surface area contributed by atoms with Gasteiger partial charge in [0.15, 0.2) is 0 Å². The molecule has 1 aromatic carbocycles. The Kier molecular flexibility index (Phi) is 4.77. The van der Waals surface area contributed by atoms with E-state index in [0.717, 1.165) is 60.8 Å². The van der Waals surface area contributed by atoms with Crippen molar-refractivity contribution in [3.63, 3.8) is 0 Å². The third kappa shape index (κ3) is 3.31. The summed E-state index contributed by atoms with van der Waals surface area (Å²) in [4.78, 5) is 14.3. The van der Waals surface area contributed by atoms with E-state index in [1.165, 1.54) is 10.2 Å². The van der Waals surface area contributed by atoms with Crippen LogP contribution in [0.3, 0.4) is 0 Å². The van der Waals surface area contributed by atoms with Crippen LogP contribution >= 0.6 is 11.6 Å². The lowest BCUT2D eigenvalue weighted by molar-refractivity contribution is -0.0712. The third-order valence-electron chi connectivity index (χ3n) is 6.03. The highest BCUT2D eigenvalue weighted by molar-refractivity contribution is 6.32. The predicted molar refractivity (Wildman–Crippen MR) is 110 cm³/mol. The van der Waals surface area contributed by atoms with Crippen LogP contribution in [0.25, 0.3) is 16.6 Å². The minimum atomic E-state index is -0.292. The van der Waals surface area contributed by atoms with E-state index in [0.29, 0.717) is 12.0 Å². The Balaban J connectivity index is 1.43. The van der Waals surface area contributed by atoms with Crippen molar-refractivity contribution in [1.82, 2.24) is 29.8 Å². The van der Waals surface area contributed by atoms with Crippen molar-refractivity contribution in [2.45, 2.75) is 24.8 Å². The molecule has 2 aromatic heterocycles. The Morgan fingerprint density at radius 2 is 2.00 bits per heavy atom. The average Bonchev–Trinajstić information content (AvgIpc) is 3.33. The molecule has 1 N–H and O–H groups in total. The summed E-state index contributed by atoms with van der Waals surface area (Å²) in [5, 5.41) is 12.9. The smallest absolute Gasteiger partial charge is 0.341 e. The van der Waals surface area contributed by atoms with Crippen molar-refractivity contribution in [1.29, 1.82) is 0 Å². The van der Waals surface area contributed by atoms with E-state index in [1.54, 1.807) is 25.6 Å². The number of carbonyl (C=O) groups is 1. The normalized spacial score (nSPS) is 18.8. The molecule has 1 amide bonds. The van der Waals surface area contributed by atoms with Crippen LogP contribution in [0, 0.1) is 0 Å². The van der Waals surface area contributed by atoms with Crippen molar-refractivity contribution >= 4 is 28.5 Å². The maximum atomic E-state index is 11.8. The summed E-state index contributed by atoms with van der Waals surface area (Å²) in [6.45, 7) is 3.87. The number of halogens is 1. The molecule has 2 saturated heterocycles. The molecule has 0 saturated carbocycles. The number of likely N-dealkylation sites (tertiary alicyclic amines) is 1. The first-order valence-corrected chi connectivity index (χ1v) is 10.3. The average molecular weight is 415 g/mol. The minimum absolute atomic E-state index is 0.292. The summed E-state index contributed by atoms with van der Waals surface area (Å²) in [5.41, 5.74) is 2.87. The third-order valence-corrected chi connectivity index (χ3v) is 6.36. The summed E-state index contributed by atoms with van der Waals surface area (Å²) < 4.78 is 8.40. The summed E-state index contributed by atoms with van der Waals surface area (Å²) in [6.07, 6.45) is 7.27. The fraction of sp³-hybridized carbons (Fsp3) is 0.450. The molecule has 0 spiro atoms. The van der Waals surface area contributed by atoms with E-state index >= 15 is 0 Å². The fourth-order valence-electron chi connectivity index (χ4n) is 4.24. The molecule has 2 fully saturated rings. The molecule has 8 nitrogen and oxygen atoms in total. The topological polar surface area (TPSA) is 77.2 Å². The highest BCUT2D eigenvalue weighted by Crippen LogP contribution is 2.36. The molecule has 152 valence electrons. The Hall–Kier alpha value is -2.42. The second kappa shape index (κ2) is 7.44. The lowest BCUT2D eigenvalue weighted by Gasteiger charge is -2.41. The Labute approximate surface area is 173 Å². The Morgan fingerprint density at radius 1 is 1.21 bits per heavy atom. The van der Waals surface area contributed by atoms with Crippen LogP contribution in [0.5, 0.6) is 0 Å². The number of aromatic nitrogens is 4. The monoisotopic (exact) mass is 414 g/mol. The molecular weight excluding hydrogens is 392 g/mol. The van der Waals surface area contributed by atoms with Gasteiger partial charge in [-0.3, -0.25) is 4.90 Å². The summed E-state index contributed by atoms with van der Waals surface area (Å²) in [7, 11) is 1.57. The van der Waals surface area contributed by atoms with E-state index in [4.69, 9.17) is 16.3 Å². The number of fused-ring (bicyclic) bond motifs is 1. The van der Waals surface area contributed by atoms with E-state index in [1.807, 2.05) is 10.7 Å². The van der Waals surface area contributed by atoms with Gasteiger partial charge in [0.1, 0.15) is 5.69 Å². The second-order valence-electron chi connectivity index (χ2n) is 7.69. The van der Waals surface area contributed by atoms with Gasteiger partial charge in [-0.05, 0) is 49.5 Å². The molecule has 2 aliphatic rings. The number of hydrogen-bond donors (Lipinski definition) is 1. The van der Waals surface area contributed by atoms with E-state index in [-0.39, 0.29) is 6.03 Å². The van der Waals surface area contributed by atoms with Crippen LogP contribution in [-0.2, 0) is 4.74 Å². The van der Waals surface area contributed by atoms with Crippen LogP contribution < -0.4 is 5.32 Å². The van der Waals surface area contributed by atoms with Gasteiger partial charge in [0.25, 0.3) is 0 Å². The number of ether oxygens (including phenoxy) is 1. The summed E-state index contributed by atoms with van der Waals surface area (Å²) in [5.74, 6) is 0.432. The van der Waals surface area contributed by atoms with Crippen molar-refractivity contribution in [3.8, 4) is 5.69 Å². The lowest BCUT2D eigenvalue weighted by Crippen LogP contribution is -2.51. The first-order valence-electron chi connectivity index (χ1n) is 9.90. The zero-order chi connectivity index (χ0) is 20.0. The van der Waals surface area contributed by atoms with Gasteiger partial charge >= 0.3 is 6.03 Å². The fourth-order valence-corrected chi connectivity index (χ4v) is 4.57. The number of rotatable bonds is 3. The van der Waals surface area contributed by atoms with Gasteiger partial charge in [-0.2, -0.15) is 14.9 Å². The van der Waals surface area contributed by atoms with Gasteiger partial charge in [-0.1, -0.05) is 11.6 Å². The predicted octanol–water partition coefficient (Wildman–Crippen LogP) is 2.64. The molecular formula is C20H23ClN6O2. The Bertz CT molecular complexity index is 1050. The van der Waals surface area contributed by atoms with E-state index in [9.17, 15) is 4.79 Å². The molecule has 4 heterocycles. The zero-order valence-corrected chi connectivity index (χ0v) is 17.0. The van der Waals surface area contributed by atoms with Crippen LogP contribution in [0.15, 0.2) is 30.7 Å². The number of amides is 1. The standard InChI is InChI=1S/C20H23ClN6O2/c1-22-20(28)26-10-15(9-23-26)27-19-7-17(18(21)6-14(19)8-24-27)13-2-4-25(5-3-13)16-11-29-12-16/h6-10,13,16H,2-5,11-12H2,1H3,(H,22,28). The van der Waals surface area contributed by atoms with Crippen molar-refractivity contribution < 1.29 is 9.53 Å². The minimum Gasteiger partial charge on any atom is -0.378 e. The first kappa shape index (κ1) is 18.6. The SMILES string of the molecule is CNC(=O)n1cc(-n2ncc3cc(Cl)c(C4CCN(C5COC5)CC4)cc32)cn1. The van der Waals surface area contributed by atoms with Crippen LogP contribution in [0.4, 0.5) is 4.79 Å². The van der Waals surface area contributed by atoms with Crippen LogP contribution in [0.1, 0.15) is 24.3 Å². The van der Waals surface area contributed by atoms with Gasteiger partial charge in [0.05, 0.1) is 43.4 Å². The maximum Gasteiger partial charge on any atom is 0.341 e. The van der Waals surface area contributed by atoms with Gasteiger partial charge < -0.3 is 10.1 Å². The largest absolute Gasteiger partial charge is 0.378 e. The molecule has 0 bridgehead atoms. The molecule has 0 atom stereocenters. The summed E-state index contributed by atoms with van der Waals surface area (Å²) >= 11 is 6.65. The lowest BCUT2D eigenvalue weighted by atomic mass is 9.88. The van der Waals surface area contributed by atoms with Crippen molar-refractivity contribution in [2.75, 3.05) is 33.4 Å². The van der Waals surface area contributed by atoms with Crippen molar-refractivity contribution in [2.24, 2.45) is 0 Å². The van der Waals surface area contributed by atoms with Gasteiger partial charge in [-0.25, -0.2) is 9.48 Å². The molecule has 2 aliphatic heterocycles. The molecule has 29 heavy (non-hydrogen) atoms. The number of hydrogen-bond acceptors (Lipinski definition) is 5. The van der Waals surface area contributed by atoms with Gasteiger partial charge in [0.2, 0.25) is 0 Å². The second-order valence-corrected chi connectivity index (χ2v) is 8.10. The number of carbonyl (C=O) groups excluding carboxylic acids is 1. The number of nitrogens with one attached hydrogen (secondary N) is 1. The molecule has 5 rings (SSSR count). The number of benzene rings is 1. The summed E-state index contributed by atoms with van der Waals surface area (Å²) in [6, 6.07) is 4.44. The molecule has 0 aliphatic carbocycles. The number of nitrogens with zero attached hydrogens (tertiary/aromatic N) is 5. The molecule has 0 radical (unpaired) electrons. The molecule has 9 heteroatoms. The first-order chi connectivity index (χ1) is 14.1.